The average molecular weight is 506 g/mol. The number of furan rings is 1. The van der Waals surface area contributed by atoms with E-state index in [1.54, 1.807) is 26.0 Å². The van der Waals surface area contributed by atoms with Crippen LogP contribution in [0.5, 0.6) is 11.6 Å². The molecule has 0 atom stereocenters. The van der Waals surface area contributed by atoms with Crippen LogP contribution in [0, 0.1) is 17.0 Å². The lowest BCUT2D eigenvalue weighted by Gasteiger charge is -2.15. The summed E-state index contributed by atoms with van der Waals surface area (Å²) in [4.78, 5) is 23.0. The Bertz CT molecular complexity index is 1310. The Morgan fingerprint density at radius 3 is 2.66 bits per heavy atom. The van der Waals surface area contributed by atoms with Crippen LogP contribution < -0.4 is 14.8 Å². The summed E-state index contributed by atoms with van der Waals surface area (Å²) in [6.07, 6.45) is 2.03. The highest BCUT2D eigenvalue weighted by Gasteiger charge is 2.27. The highest BCUT2D eigenvalue weighted by molar-refractivity contribution is 7.89. The van der Waals surface area contributed by atoms with E-state index in [0.717, 1.165) is 12.1 Å². The van der Waals surface area contributed by atoms with E-state index in [-0.39, 0.29) is 41.4 Å². The van der Waals surface area contributed by atoms with Crippen LogP contribution >= 0.6 is 0 Å². The van der Waals surface area contributed by atoms with Crippen molar-refractivity contribution in [1.82, 2.24) is 19.8 Å². The number of hydrogen-bond acceptors (Lipinski definition) is 8. The molecule has 0 saturated heterocycles. The Hall–Kier alpha value is -3.71. The molecule has 0 unspecified atom stereocenters. The molecule has 0 aliphatic rings. The van der Waals surface area contributed by atoms with Gasteiger partial charge >= 0.3 is 0 Å². The van der Waals surface area contributed by atoms with Crippen LogP contribution in [0.1, 0.15) is 55.0 Å². The minimum Gasteiger partial charge on any atom is -0.467 e. The summed E-state index contributed by atoms with van der Waals surface area (Å²) in [5.41, 5.74) is 0.0656. The van der Waals surface area contributed by atoms with E-state index in [1.165, 1.54) is 17.0 Å². The summed E-state index contributed by atoms with van der Waals surface area (Å²) < 4.78 is 40.8. The Balaban J connectivity index is 2.01. The first-order valence-electron chi connectivity index (χ1n) is 10.9. The minimum atomic E-state index is -4.12. The molecule has 12 nitrogen and oxygen atoms in total. The SMILES string of the molecule is CCCNS(=O)(=O)c1cc([N+](=O)[O-])ccc1Oc1c(C)c(C(=O)NCc2ccco2)nn1C(C)C. The lowest BCUT2D eigenvalue weighted by Crippen LogP contribution is -2.25. The molecule has 3 aromatic rings. The largest absolute Gasteiger partial charge is 0.467 e. The van der Waals surface area contributed by atoms with Crippen LogP contribution in [0.25, 0.3) is 0 Å². The van der Waals surface area contributed by atoms with Crippen molar-refractivity contribution in [2.45, 2.75) is 51.6 Å². The molecule has 2 N–H and O–H groups in total. The number of aromatic nitrogens is 2. The third kappa shape index (κ3) is 5.87. The van der Waals surface area contributed by atoms with Crippen molar-refractivity contribution in [3.8, 4) is 11.6 Å². The Morgan fingerprint density at radius 1 is 1.31 bits per heavy atom. The summed E-state index contributed by atoms with van der Waals surface area (Å²) in [6, 6.07) is 6.49. The lowest BCUT2D eigenvalue weighted by atomic mass is 10.2. The average Bonchev–Trinajstić information content (AvgIpc) is 3.44. The predicted molar refractivity (Wildman–Crippen MR) is 126 cm³/mol. The van der Waals surface area contributed by atoms with Crippen LogP contribution in [-0.4, -0.2) is 35.6 Å². The number of carbonyl (C=O) groups is 1. The second kappa shape index (κ2) is 10.7. The summed E-state index contributed by atoms with van der Waals surface area (Å²) in [5, 5.41) is 18.4. The van der Waals surface area contributed by atoms with E-state index >= 15 is 0 Å². The Labute approximate surface area is 202 Å². The third-order valence-corrected chi connectivity index (χ3v) is 6.46. The van der Waals surface area contributed by atoms with Crippen LogP contribution in [0.4, 0.5) is 5.69 Å². The number of carbonyl (C=O) groups excluding carboxylic acids is 1. The van der Waals surface area contributed by atoms with Crippen LogP contribution in [0.3, 0.4) is 0 Å². The van der Waals surface area contributed by atoms with Crippen LogP contribution in [-0.2, 0) is 16.6 Å². The van der Waals surface area contributed by atoms with Crippen molar-refractivity contribution in [2.75, 3.05) is 6.54 Å². The number of amides is 1. The van der Waals surface area contributed by atoms with E-state index in [1.807, 2.05) is 13.8 Å². The number of nitrogens with one attached hydrogen (secondary N) is 2. The number of sulfonamides is 1. The molecular formula is C22H27N5O7S. The van der Waals surface area contributed by atoms with Gasteiger partial charge in [-0.15, -0.1) is 0 Å². The first-order chi connectivity index (χ1) is 16.5. The molecule has 188 valence electrons. The summed E-state index contributed by atoms with van der Waals surface area (Å²) in [5.74, 6) is 0.107. The first kappa shape index (κ1) is 25.9. The fourth-order valence-corrected chi connectivity index (χ4v) is 4.46. The molecule has 3 rings (SSSR count). The molecule has 0 aliphatic carbocycles. The Morgan fingerprint density at radius 2 is 2.06 bits per heavy atom. The molecule has 1 amide bonds. The van der Waals surface area contributed by atoms with Crippen molar-refractivity contribution in [1.29, 1.82) is 0 Å². The number of nitro groups is 1. The van der Waals surface area contributed by atoms with Gasteiger partial charge in [0.05, 0.1) is 23.8 Å². The normalized spacial score (nSPS) is 11.6. The standard InChI is InChI=1S/C22H27N5O7S/c1-5-10-24-35(31,32)19-12-16(27(29)30)8-9-18(19)34-22-15(4)20(25-26(22)14(2)3)21(28)23-13-17-7-6-11-33-17/h6-9,11-12,14,24H,5,10,13H2,1-4H3,(H,23,28). The number of nitro benzene ring substituents is 1. The van der Waals surface area contributed by atoms with Gasteiger partial charge in [-0.25, -0.2) is 17.8 Å². The Kier molecular flexibility index (Phi) is 7.92. The van der Waals surface area contributed by atoms with E-state index in [9.17, 15) is 23.3 Å². The maximum Gasteiger partial charge on any atom is 0.272 e. The molecular weight excluding hydrogens is 478 g/mol. The lowest BCUT2D eigenvalue weighted by molar-refractivity contribution is -0.385. The smallest absolute Gasteiger partial charge is 0.272 e. The van der Waals surface area contributed by atoms with Gasteiger partial charge < -0.3 is 14.5 Å². The number of benzene rings is 1. The van der Waals surface area contributed by atoms with E-state index in [4.69, 9.17) is 9.15 Å². The highest BCUT2D eigenvalue weighted by Crippen LogP contribution is 2.35. The zero-order valence-corrected chi connectivity index (χ0v) is 20.6. The maximum absolute atomic E-state index is 12.9. The molecule has 35 heavy (non-hydrogen) atoms. The molecule has 2 aromatic heterocycles. The fraction of sp³-hybridized carbons (Fsp3) is 0.364. The summed E-state index contributed by atoms with van der Waals surface area (Å²) >= 11 is 0. The number of rotatable bonds is 11. The minimum absolute atomic E-state index is 0.0932. The van der Waals surface area contributed by atoms with Gasteiger partial charge in [0.2, 0.25) is 15.9 Å². The predicted octanol–water partition coefficient (Wildman–Crippen LogP) is 3.68. The highest BCUT2D eigenvalue weighted by atomic mass is 32.2. The third-order valence-electron chi connectivity index (χ3n) is 4.98. The van der Waals surface area contributed by atoms with E-state index in [2.05, 4.69) is 15.1 Å². The molecule has 0 saturated carbocycles. The van der Waals surface area contributed by atoms with Gasteiger partial charge in [-0.05, 0) is 45.4 Å². The molecule has 1 aromatic carbocycles. The number of non-ortho nitro benzene ring substituents is 1. The van der Waals surface area contributed by atoms with Crippen LogP contribution in [0.15, 0.2) is 45.9 Å². The molecule has 0 fully saturated rings. The topological polar surface area (TPSA) is 159 Å². The fourth-order valence-electron chi connectivity index (χ4n) is 3.18. The van der Waals surface area contributed by atoms with Gasteiger partial charge in [-0.2, -0.15) is 5.10 Å². The second-order valence-electron chi connectivity index (χ2n) is 7.97. The molecule has 0 radical (unpaired) electrons. The zero-order chi connectivity index (χ0) is 25.8. The van der Waals surface area contributed by atoms with Crippen LogP contribution in [0.2, 0.25) is 0 Å². The van der Waals surface area contributed by atoms with E-state index in [0.29, 0.717) is 17.7 Å². The quantitative estimate of drug-likeness (QED) is 0.295. The first-order valence-corrected chi connectivity index (χ1v) is 12.4. The molecule has 0 aliphatic heterocycles. The maximum atomic E-state index is 12.9. The monoisotopic (exact) mass is 505 g/mol. The number of ether oxygens (including phenoxy) is 1. The van der Waals surface area contributed by atoms with Gasteiger partial charge in [-0.1, -0.05) is 6.92 Å². The van der Waals surface area contributed by atoms with Gasteiger partial charge in [0.1, 0.15) is 16.4 Å². The molecule has 0 spiro atoms. The van der Waals surface area contributed by atoms with Crippen molar-refractivity contribution < 1.29 is 27.3 Å². The summed E-state index contributed by atoms with van der Waals surface area (Å²) in [6.45, 7) is 7.35. The number of hydrogen-bond donors (Lipinski definition) is 2. The summed E-state index contributed by atoms with van der Waals surface area (Å²) in [7, 11) is -4.12. The van der Waals surface area contributed by atoms with Crippen molar-refractivity contribution in [2.24, 2.45) is 0 Å². The second-order valence-corrected chi connectivity index (χ2v) is 9.70. The van der Waals surface area contributed by atoms with Crippen molar-refractivity contribution in [3.63, 3.8) is 0 Å². The van der Waals surface area contributed by atoms with Crippen molar-refractivity contribution in [3.05, 3.63) is 63.7 Å². The van der Waals surface area contributed by atoms with E-state index < -0.39 is 26.5 Å². The molecule has 2 heterocycles. The molecule has 0 bridgehead atoms. The molecule has 13 heteroatoms. The van der Waals surface area contributed by atoms with Gasteiger partial charge in [-0.3, -0.25) is 14.9 Å². The number of nitrogens with zero attached hydrogens (tertiary/aromatic N) is 3. The van der Waals surface area contributed by atoms with Gasteiger partial charge in [0.25, 0.3) is 11.6 Å². The van der Waals surface area contributed by atoms with Gasteiger partial charge in [0.15, 0.2) is 5.69 Å². The van der Waals surface area contributed by atoms with Gasteiger partial charge in [0, 0.05) is 24.2 Å². The van der Waals surface area contributed by atoms with Crippen molar-refractivity contribution >= 4 is 21.6 Å². The zero-order valence-electron chi connectivity index (χ0n) is 19.8.